The van der Waals surface area contributed by atoms with Crippen LogP contribution in [0.5, 0.6) is 0 Å². The Bertz CT molecular complexity index is 570. The van der Waals surface area contributed by atoms with Crippen molar-refractivity contribution < 1.29 is 9.59 Å². The number of rotatable bonds is 13. The molecule has 1 aromatic carbocycles. The molecule has 1 N–H and O–H groups in total. The van der Waals surface area contributed by atoms with Crippen LogP contribution in [-0.4, -0.2) is 35.2 Å². The number of nitrogens with one attached hydrogen (secondary N) is 1. The first-order chi connectivity index (χ1) is 13.0. The quantitative estimate of drug-likeness (QED) is 0.342. The van der Waals surface area contributed by atoms with E-state index in [9.17, 15) is 9.59 Å². The first-order valence-electron chi connectivity index (χ1n) is 10.5. The molecule has 0 aromatic heterocycles. The van der Waals surface area contributed by atoms with E-state index in [4.69, 9.17) is 0 Å². The summed E-state index contributed by atoms with van der Waals surface area (Å²) in [4.78, 5) is 23.2. The number of carbonyl (C=O) groups is 2. The summed E-state index contributed by atoms with van der Waals surface area (Å²) in [5.74, 6) is 0.0963. The summed E-state index contributed by atoms with van der Waals surface area (Å²) >= 11 is -1.41. The molecule has 152 valence electrons. The minimum absolute atomic E-state index is 0.0205. The van der Waals surface area contributed by atoms with Crippen molar-refractivity contribution in [1.29, 1.82) is 0 Å². The average molecular weight is 498 g/mol. The number of carbonyl (C=O) groups excluding carboxylic acids is 2. The van der Waals surface area contributed by atoms with Gasteiger partial charge in [0.2, 0.25) is 0 Å². The first kappa shape index (κ1) is 24.5. The second kappa shape index (κ2) is 13.6. The topological polar surface area (TPSA) is 46.2 Å². The maximum atomic E-state index is 12.1. The zero-order valence-electron chi connectivity index (χ0n) is 17.6. The molecule has 0 atom stereocenters. The van der Waals surface area contributed by atoms with Crippen LogP contribution >= 0.6 is 11.8 Å². The van der Waals surface area contributed by atoms with E-state index >= 15 is 0 Å². The molecule has 0 radical (unpaired) electrons. The normalized spacial score (nSPS) is 11.4. The Hall–Kier alpha value is -0.491. The fourth-order valence-electron chi connectivity index (χ4n) is 3.64. The summed E-state index contributed by atoms with van der Waals surface area (Å²) in [5.41, 5.74) is 0.896. The molecular formula is C22H37NO2SSn. The fourth-order valence-corrected chi connectivity index (χ4v) is 20.1. The van der Waals surface area contributed by atoms with Gasteiger partial charge in [-0.1, -0.05) is 0 Å². The van der Waals surface area contributed by atoms with E-state index in [1.54, 1.807) is 3.58 Å². The van der Waals surface area contributed by atoms with Crippen LogP contribution in [0.3, 0.4) is 0 Å². The van der Waals surface area contributed by atoms with Gasteiger partial charge in [0, 0.05) is 0 Å². The van der Waals surface area contributed by atoms with Crippen molar-refractivity contribution in [2.24, 2.45) is 0 Å². The molecule has 0 aliphatic rings. The number of hydrogen-bond donors (Lipinski definition) is 1. The Labute approximate surface area is 174 Å². The Morgan fingerprint density at radius 3 is 2.00 bits per heavy atom. The molecule has 0 aliphatic carbocycles. The molecule has 0 unspecified atom stereocenters. The van der Waals surface area contributed by atoms with Crippen LogP contribution < -0.4 is 8.90 Å². The second-order valence-electron chi connectivity index (χ2n) is 7.50. The third-order valence-corrected chi connectivity index (χ3v) is 21.6. The number of amides is 1. The summed E-state index contributed by atoms with van der Waals surface area (Å²) in [6, 6.07) is 8.68. The molecule has 0 saturated heterocycles. The summed E-state index contributed by atoms with van der Waals surface area (Å²) in [6.45, 7) is 8.37. The molecule has 0 aliphatic heterocycles. The van der Waals surface area contributed by atoms with Crippen molar-refractivity contribution >= 4 is 50.4 Å². The Morgan fingerprint density at radius 1 is 0.963 bits per heavy atom. The molecule has 0 fully saturated rings. The Morgan fingerprint density at radius 2 is 1.52 bits per heavy atom. The van der Waals surface area contributed by atoms with Gasteiger partial charge in [0.1, 0.15) is 0 Å². The van der Waals surface area contributed by atoms with Crippen LogP contribution in [0.4, 0.5) is 5.69 Å². The maximum absolute atomic E-state index is 12.1. The first-order valence-corrected chi connectivity index (χ1v) is 19.0. The van der Waals surface area contributed by atoms with E-state index in [2.05, 4.69) is 44.3 Å². The van der Waals surface area contributed by atoms with Gasteiger partial charge < -0.3 is 0 Å². The third-order valence-electron chi connectivity index (χ3n) is 5.19. The van der Waals surface area contributed by atoms with Crippen LogP contribution in [-0.2, 0) is 9.59 Å². The molecule has 1 amide bonds. The van der Waals surface area contributed by atoms with Crippen LogP contribution in [0.25, 0.3) is 0 Å². The fraction of sp³-hybridized carbons (Fsp3) is 0.636. The molecule has 0 spiro atoms. The van der Waals surface area contributed by atoms with Crippen molar-refractivity contribution in [2.75, 3.05) is 11.1 Å². The van der Waals surface area contributed by atoms with Crippen LogP contribution in [0.15, 0.2) is 24.3 Å². The molecule has 5 heteroatoms. The van der Waals surface area contributed by atoms with Crippen molar-refractivity contribution in [1.82, 2.24) is 0 Å². The van der Waals surface area contributed by atoms with Gasteiger partial charge in [-0.15, -0.1) is 0 Å². The molecule has 3 nitrogen and oxygen atoms in total. The predicted octanol–water partition coefficient (Wildman–Crippen LogP) is 5.96. The van der Waals surface area contributed by atoms with Crippen molar-refractivity contribution in [3.05, 3.63) is 24.3 Å². The standard InChI is InChI=1S/C10H10NO2S.3C4H9.Sn/c1-8(12)14-7-10(13)11-9-5-3-2-4-6-9;3*1-3-4-2;/h2-3,5-6H,7H2,1H3,(H,11,13);3*1,3-4H2,2H3;. The van der Waals surface area contributed by atoms with Gasteiger partial charge >= 0.3 is 175 Å². The zero-order valence-corrected chi connectivity index (χ0v) is 21.3. The molecule has 0 saturated carbocycles. The summed E-state index contributed by atoms with van der Waals surface area (Å²) in [6.07, 6.45) is 7.76. The van der Waals surface area contributed by atoms with E-state index in [0.717, 1.165) is 17.4 Å². The Kier molecular flexibility index (Phi) is 12.4. The molecule has 27 heavy (non-hydrogen) atoms. The van der Waals surface area contributed by atoms with Gasteiger partial charge in [-0.2, -0.15) is 0 Å². The van der Waals surface area contributed by atoms with E-state index in [1.807, 2.05) is 6.07 Å². The minimum atomic E-state index is -2.47. The summed E-state index contributed by atoms with van der Waals surface area (Å²) < 4.78 is 5.82. The molecular weight excluding hydrogens is 461 g/mol. The van der Waals surface area contributed by atoms with Gasteiger partial charge in [-0.05, 0) is 0 Å². The second-order valence-corrected chi connectivity index (χ2v) is 21.9. The summed E-state index contributed by atoms with van der Waals surface area (Å²) in [7, 11) is 0. The number of hydrogen-bond acceptors (Lipinski definition) is 3. The number of anilines is 1. The van der Waals surface area contributed by atoms with Crippen LogP contribution in [0, 0.1) is 0 Å². The van der Waals surface area contributed by atoms with Gasteiger partial charge in [0.15, 0.2) is 0 Å². The van der Waals surface area contributed by atoms with E-state index in [1.165, 1.54) is 58.8 Å². The van der Waals surface area contributed by atoms with Crippen molar-refractivity contribution in [3.63, 3.8) is 0 Å². The molecule has 0 bridgehead atoms. The SMILES string of the molecule is CCC[CH2][Sn]([CH2]CCC)([CH2]CCC)[c]1cccc(NC(=O)CSC(C)=O)c1. The third kappa shape index (κ3) is 9.03. The van der Waals surface area contributed by atoms with Gasteiger partial charge in [0.05, 0.1) is 0 Å². The van der Waals surface area contributed by atoms with Gasteiger partial charge in [-0.3, -0.25) is 0 Å². The van der Waals surface area contributed by atoms with E-state index in [-0.39, 0.29) is 16.8 Å². The number of unbranched alkanes of at least 4 members (excludes halogenated alkanes) is 3. The monoisotopic (exact) mass is 499 g/mol. The van der Waals surface area contributed by atoms with Gasteiger partial charge in [-0.25, -0.2) is 0 Å². The summed E-state index contributed by atoms with van der Waals surface area (Å²) in [5, 5.41) is 2.98. The molecule has 0 heterocycles. The zero-order chi connectivity index (χ0) is 20.1. The Balaban J connectivity index is 3.05. The number of thioether (sulfide) groups is 1. The van der Waals surface area contributed by atoms with E-state index in [0.29, 0.717) is 0 Å². The number of benzene rings is 1. The molecule has 1 aromatic rings. The van der Waals surface area contributed by atoms with Crippen molar-refractivity contribution in [3.8, 4) is 0 Å². The van der Waals surface area contributed by atoms with E-state index < -0.39 is 18.4 Å². The predicted molar refractivity (Wildman–Crippen MR) is 123 cm³/mol. The van der Waals surface area contributed by atoms with Crippen molar-refractivity contribution in [2.45, 2.75) is 79.5 Å². The van der Waals surface area contributed by atoms with Gasteiger partial charge in [0.25, 0.3) is 0 Å². The van der Waals surface area contributed by atoms with Crippen LogP contribution in [0.1, 0.15) is 66.2 Å². The average Bonchev–Trinajstić information content (AvgIpc) is 2.66. The van der Waals surface area contributed by atoms with Crippen LogP contribution in [0.2, 0.25) is 13.3 Å². The molecule has 1 rings (SSSR count).